The second kappa shape index (κ2) is 22.5. The maximum absolute atomic E-state index is 8.51. The number of hydrogen-bond donors (Lipinski definition) is 1. The van der Waals surface area contributed by atoms with Gasteiger partial charge in [-0.05, 0) is 18.5 Å². The SMILES string of the molecule is CCCCCCCCCCCCSO.[H-].[H-].[Na+].[Na+]. The second-order valence-electron chi connectivity index (χ2n) is 4.02. The molecule has 0 unspecified atom stereocenters. The van der Waals surface area contributed by atoms with E-state index in [4.69, 9.17) is 4.55 Å². The van der Waals surface area contributed by atoms with Gasteiger partial charge in [0.25, 0.3) is 0 Å². The Bertz CT molecular complexity index is 102. The Hall–Kier alpha value is 2.31. The van der Waals surface area contributed by atoms with Gasteiger partial charge in [0.15, 0.2) is 0 Å². The minimum absolute atomic E-state index is 0. The van der Waals surface area contributed by atoms with Crippen molar-refractivity contribution in [2.75, 3.05) is 5.75 Å². The van der Waals surface area contributed by atoms with Gasteiger partial charge < -0.3 is 7.41 Å². The molecule has 0 aromatic rings. The molecule has 0 aliphatic heterocycles. The van der Waals surface area contributed by atoms with Crippen molar-refractivity contribution < 1.29 is 66.5 Å². The summed E-state index contributed by atoms with van der Waals surface area (Å²) in [7, 11) is 0. The molecule has 0 aliphatic carbocycles. The van der Waals surface area contributed by atoms with Crippen molar-refractivity contribution >= 4 is 12.0 Å². The van der Waals surface area contributed by atoms with Crippen LogP contribution in [0.2, 0.25) is 0 Å². The Balaban J connectivity index is -0.000000141. The quantitative estimate of drug-likeness (QED) is 0.305. The molecule has 0 fully saturated rings. The zero-order valence-electron chi connectivity index (χ0n) is 13.6. The van der Waals surface area contributed by atoms with E-state index in [1.54, 1.807) is 0 Å². The Morgan fingerprint density at radius 1 is 0.750 bits per heavy atom. The molecule has 1 N–H and O–H groups in total. The van der Waals surface area contributed by atoms with E-state index < -0.39 is 0 Å². The van der Waals surface area contributed by atoms with E-state index in [0.717, 1.165) is 17.8 Å². The fourth-order valence-corrected chi connectivity index (χ4v) is 1.99. The standard InChI is InChI=1S/C12H26OS.2Na.2H/c1-2-3-4-5-6-7-8-9-10-11-12-14-13;;;;/h13H,2-12H2,1H3;;;;/q;2*+1;2*-1. The van der Waals surface area contributed by atoms with Gasteiger partial charge >= 0.3 is 59.1 Å². The number of hydrogen-bond acceptors (Lipinski definition) is 2. The van der Waals surface area contributed by atoms with Crippen LogP contribution in [-0.2, 0) is 0 Å². The van der Waals surface area contributed by atoms with E-state index in [1.807, 2.05) is 0 Å². The summed E-state index contributed by atoms with van der Waals surface area (Å²) in [5, 5.41) is 0. The molecule has 0 aromatic heterocycles. The van der Waals surface area contributed by atoms with Gasteiger partial charge in [-0.15, -0.1) is 0 Å². The van der Waals surface area contributed by atoms with E-state index in [1.165, 1.54) is 64.2 Å². The summed E-state index contributed by atoms with van der Waals surface area (Å²) in [6, 6.07) is 0. The zero-order chi connectivity index (χ0) is 10.5. The van der Waals surface area contributed by atoms with Crippen LogP contribution in [0.1, 0.15) is 74.0 Å². The van der Waals surface area contributed by atoms with Crippen LogP contribution in [0.5, 0.6) is 0 Å². The first-order valence-corrected chi connectivity index (χ1v) is 7.12. The van der Waals surface area contributed by atoms with Gasteiger partial charge in [0.1, 0.15) is 0 Å². The summed E-state index contributed by atoms with van der Waals surface area (Å²) in [5.74, 6) is 0.913. The van der Waals surface area contributed by atoms with Gasteiger partial charge in [0, 0.05) is 5.75 Å². The van der Waals surface area contributed by atoms with Crippen LogP contribution in [0.15, 0.2) is 0 Å². The Labute approximate surface area is 154 Å². The Morgan fingerprint density at radius 2 is 1.12 bits per heavy atom. The third kappa shape index (κ3) is 21.6. The zero-order valence-corrected chi connectivity index (χ0v) is 16.5. The first-order valence-electron chi connectivity index (χ1n) is 6.18. The maximum atomic E-state index is 8.51. The Kier molecular flexibility index (Phi) is 32.9. The predicted molar refractivity (Wildman–Crippen MR) is 69.2 cm³/mol. The third-order valence-corrected chi connectivity index (χ3v) is 3.06. The molecule has 0 atom stereocenters. The van der Waals surface area contributed by atoms with Gasteiger partial charge in [-0.1, -0.05) is 64.7 Å². The Morgan fingerprint density at radius 3 is 1.50 bits per heavy atom. The molecular formula is C12H28Na2OS. The van der Waals surface area contributed by atoms with Crippen molar-refractivity contribution in [1.29, 1.82) is 0 Å². The van der Waals surface area contributed by atoms with Crippen molar-refractivity contribution in [3.63, 3.8) is 0 Å². The smallest absolute Gasteiger partial charge is 1.00 e. The first kappa shape index (κ1) is 23.4. The number of rotatable bonds is 11. The fraction of sp³-hybridized carbons (Fsp3) is 1.00. The fourth-order valence-electron chi connectivity index (χ4n) is 1.65. The van der Waals surface area contributed by atoms with Crippen molar-refractivity contribution in [2.45, 2.75) is 71.1 Å². The van der Waals surface area contributed by atoms with Crippen LogP contribution >= 0.6 is 12.0 Å². The van der Waals surface area contributed by atoms with Gasteiger partial charge in [-0.25, -0.2) is 0 Å². The molecule has 0 saturated heterocycles. The normalized spacial score (nSPS) is 9.38. The molecule has 0 rings (SSSR count). The van der Waals surface area contributed by atoms with Crippen molar-refractivity contribution in [3.05, 3.63) is 0 Å². The van der Waals surface area contributed by atoms with E-state index in [9.17, 15) is 0 Å². The van der Waals surface area contributed by atoms with E-state index in [2.05, 4.69) is 6.92 Å². The van der Waals surface area contributed by atoms with Crippen LogP contribution in [0.4, 0.5) is 0 Å². The maximum Gasteiger partial charge on any atom is 1.00 e. The molecule has 0 saturated carbocycles. The van der Waals surface area contributed by atoms with E-state index >= 15 is 0 Å². The average molecular weight is 266 g/mol. The second-order valence-corrected chi connectivity index (χ2v) is 4.68. The molecule has 0 aromatic carbocycles. The summed E-state index contributed by atoms with van der Waals surface area (Å²) >= 11 is 0.979. The summed E-state index contributed by atoms with van der Waals surface area (Å²) in [4.78, 5) is 0. The van der Waals surface area contributed by atoms with Crippen molar-refractivity contribution in [2.24, 2.45) is 0 Å². The molecule has 1 nitrogen and oxygen atoms in total. The molecule has 0 amide bonds. The topological polar surface area (TPSA) is 20.2 Å². The summed E-state index contributed by atoms with van der Waals surface area (Å²) in [5.41, 5.74) is 0. The van der Waals surface area contributed by atoms with Crippen LogP contribution in [0.3, 0.4) is 0 Å². The molecule has 0 heterocycles. The minimum Gasteiger partial charge on any atom is -1.00 e. The molecule has 16 heavy (non-hydrogen) atoms. The molecule has 0 spiro atoms. The summed E-state index contributed by atoms with van der Waals surface area (Å²) in [6.07, 6.45) is 13.7. The van der Waals surface area contributed by atoms with Crippen LogP contribution < -0.4 is 59.1 Å². The van der Waals surface area contributed by atoms with Crippen LogP contribution in [0.25, 0.3) is 0 Å². The summed E-state index contributed by atoms with van der Waals surface area (Å²) < 4.78 is 8.51. The van der Waals surface area contributed by atoms with Crippen LogP contribution in [0, 0.1) is 0 Å². The number of unbranched alkanes of at least 4 members (excludes halogenated alkanes) is 9. The molecule has 4 heteroatoms. The van der Waals surface area contributed by atoms with Crippen LogP contribution in [-0.4, -0.2) is 10.3 Å². The van der Waals surface area contributed by atoms with Crippen molar-refractivity contribution in [3.8, 4) is 0 Å². The molecule has 0 bridgehead atoms. The molecule has 90 valence electrons. The predicted octanol–water partition coefficient (Wildman–Crippen LogP) is -0.653. The monoisotopic (exact) mass is 266 g/mol. The van der Waals surface area contributed by atoms with Crippen molar-refractivity contribution in [1.82, 2.24) is 0 Å². The van der Waals surface area contributed by atoms with E-state index in [0.29, 0.717) is 0 Å². The molecular weight excluding hydrogens is 238 g/mol. The minimum atomic E-state index is 0. The molecule has 0 aliphatic rings. The first-order chi connectivity index (χ1) is 6.91. The summed E-state index contributed by atoms with van der Waals surface area (Å²) in [6.45, 7) is 2.26. The van der Waals surface area contributed by atoms with Gasteiger partial charge in [-0.2, -0.15) is 0 Å². The van der Waals surface area contributed by atoms with E-state index in [-0.39, 0.29) is 62.0 Å². The molecule has 0 radical (unpaired) electrons. The average Bonchev–Trinajstić information content (AvgIpc) is 2.21. The van der Waals surface area contributed by atoms with Gasteiger partial charge in [-0.3, -0.25) is 0 Å². The third-order valence-electron chi connectivity index (χ3n) is 2.59. The van der Waals surface area contributed by atoms with Gasteiger partial charge in [0.05, 0.1) is 0 Å². The largest absolute Gasteiger partial charge is 1.00 e. The van der Waals surface area contributed by atoms with Gasteiger partial charge in [0.2, 0.25) is 0 Å².